The van der Waals surface area contributed by atoms with Crippen molar-refractivity contribution >= 4 is 22.9 Å². The van der Waals surface area contributed by atoms with Gasteiger partial charge in [-0.2, -0.15) is 0 Å². The lowest BCUT2D eigenvalue weighted by Crippen LogP contribution is -2.44. The third kappa shape index (κ3) is 2.77. The molecule has 5 rings (SSSR count). The molecule has 1 aromatic carbocycles. The molecular formula is C25H24FN3O4. The summed E-state index contributed by atoms with van der Waals surface area (Å²) in [5.74, 6) is -1.15. The molecule has 8 heteroatoms. The summed E-state index contributed by atoms with van der Waals surface area (Å²) in [5, 5.41) is 11.8. The monoisotopic (exact) mass is 449 g/mol. The number of aliphatic hydroxyl groups is 1. The molecule has 7 nitrogen and oxygen atoms in total. The lowest BCUT2D eigenvalue weighted by Gasteiger charge is -2.31. The number of nitrogens with two attached hydrogens (primary N) is 1. The highest BCUT2D eigenvalue weighted by Crippen LogP contribution is 2.41. The predicted molar refractivity (Wildman–Crippen MR) is 122 cm³/mol. The first-order chi connectivity index (χ1) is 15.8. The molecule has 3 N–H and O–H groups in total. The Balaban J connectivity index is 1.87. The number of hydrogen-bond donors (Lipinski definition) is 2. The van der Waals surface area contributed by atoms with Crippen molar-refractivity contribution in [1.82, 2.24) is 9.55 Å². The van der Waals surface area contributed by atoms with Crippen LogP contribution in [0.1, 0.15) is 53.6 Å². The van der Waals surface area contributed by atoms with Crippen LogP contribution in [-0.2, 0) is 34.8 Å². The second-order valence-corrected chi connectivity index (χ2v) is 8.52. The molecule has 2 aliphatic rings. The number of nitrogens with zero attached hydrogens (tertiary/aromatic N) is 2. The highest BCUT2D eigenvalue weighted by molar-refractivity contribution is 5.96. The van der Waals surface area contributed by atoms with Gasteiger partial charge in [0, 0.05) is 29.1 Å². The summed E-state index contributed by atoms with van der Waals surface area (Å²) in [6, 6.07) is 3.03. The smallest absolute Gasteiger partial charge is 0.343 e. The average Bonchev–Trinajstić information content (AvgIpc) is 3.17. The van der Waals surface area contributed by atoms with Gasteiger partial charge in [-0.1, -0.05) is 19.1 Å². The van der Waals surface area contributed by atoms with Crippen LogP contribution in [0, 0.1) is 12.7 Å². The molecule has 170 valence electrons. The Kier molecular flexibility index (Phi) is 4.77. The minimum atomic E-state index is -1.90. The molecule has 0 saturated heterocycles. The molecule has 2 aliphatic heterocycles. The predicted octanol–water partition coefficient (Wildman–Crippen LogP) is 3.02. The van der Waals surface area contributed by atoms with Crippen molar-refractivity contribution in [3.63, 3.8) is 0 Å². The molecule has 33 heavy (non-hydrogen) atoms. The van der Waals surface area contributed by atoms with Crippen LogP contribution >= 0.6 is 0 Å². The Morgan fingerprint density at radius 3 is 2.76 bits per heavy atom. The van der Waals surface area contributed by atoms with Gasteiger partial charge < -0.3 is 20.1 Å². The van der Waals surface area contributed by atoms with E-state index in [0.29, 0.717) is 28.0 Å². The average molecular weight is 449 g/mol. The SMILES string of the molecule is C/C=C/c1c(C)c(F)cc2nc3c(c(CN)c12)Cn1c-3cc2c(c1=O)COC(=O)[C@]2(O)CC. The summed E-state index contributed by atoms with van der Waals surface area (Å²) in [7, 11) is 0. The molecule has 3 aromatic rings. The highest BCUT2D eigenvalue weighted by atomic mass is 19.1. The van der Waals surface area contributed by atoms with E-state index >= 15 is 0 Å². The van der Waals surface area contributed by atoms with Gasteiger partial charge in [-0.15, -0.1) is 0 Å². The summed E-state index contributed by atoms with van der Waals surface area (Å²) in [6.07, 6.45) is 3.74. The number of halogens is 1. The minimum absolute atomic E-state index is 0.0605. The molecule has 0 bridgehead atoms. The molecule has 0 unspecified atom stereocenters. The van der Waals surface area contributed by atoms with Crippen molar-refractivity contribution in [3.05, 3.63) is 67.8 Å². The molecule has 1 atom stereocenters. The normalized spacial score (nSPS) is 19.0. The maximum Gasteiger partial charge on any atom is 0.343 e. The molecular weight excluding hydrogens is 425 g/mol. The van der Waals surface area contributed by atoms with E-state index < -0.39 is 11.6 Å². The second-order valence-electron chi connectivity index (χ2n) is 8.52. The maximum atomic E-state index is 14.8. The van der Waals surface area contributed by atoms with Gasteiger partial charge >= 0.3 is 5.97 Å². The van der Waals surface area contributed by atoms with E-state index in [1.165, 1.54) is 6.07 Å². The first kappa shape index (κ1) is 21.5. The first-order valence-electron chi connectivity index (χ1n) is 10.9. The quantitative estimate of drug-likeness (QED) is 0.466. The fourth-order valence-electron chi connectivity index (χ4n) is 5.03. The third-order valence-corrected chi connectivity index (χ3v) is 6.87. The zero-order valence-electron chi connectivity index (χ0n) is 18.7. The zero-order chi connectivity index (χ0) is 23.7. The first-order valence-corrected chi connectivity index (χ1v) is 10.9. The number of cyclic esters (lactones) is 1. The highest BCUT2D eigenvalue weighted by Gasteiger charge is 2.45. The Bertz CT molecular complexity index is 1460. The fourth-order valence-corrected chi connectivity index (χ4v) is 5.03. The van der Waals surface area contributed by atoms with Gasteiger partial charge in [-0.3, -0.25) is 4.79 Å². The number of rotatable bonds is 3. The van der Waals surface area contributed by atoms with E-state index in [0.717, 1.165) is 16.5 Å². The molecule has 0 saturated carbocycles. The van der Waals surface area contributed by atoms with Gasteiger partial charge in [-0.05, 0) is 43.0 Å². The van der Waals surface area contributed by atoms with Gasteiger partial charge in [0.2, 0.25) is 0 Å². The number of hydrogen-bond acceptors (Lipinski definition) is 6. The van der Waals surface area contributed by atoms with Crippen LogP contribution in [0.25, 0.3) is 28.4 Å². The van der Waals surface area contributed by atoms with Crippen molar-refractivity contribution < 1.29 is 19.0 Å². The molecule has 2 aromatic heterocycles. The van der Waals surface area contributed by atoms with E-state index in [-0.39, 0.29) is 48.6 Å². The van der Waals surface area contributed by atoms with Crippen LogP contribution in [-0.4, -0.2) is 20.6 Å². The molecule has 0 fully saturated rings. The molecule has 0 aliphatic carbocycles. The number of carbonyl (C=O) groups excluding carboxylic acids is 1. The van der Waals surface area contributed by atoms with Crippen LogP contribution in [0.4, 0.5) is 4.39 Å². The van der Waals surface area contributed by atoms with Crippen LogP contribution in [0.2, 0.25) is 0 Å². The summed E-state index contributed by atoms with van der Waals surface area (Å²) >= 11 is 0. The number of pyridine rings is 2. The second kappa shape index (κ2) is 7.33. The van der Waals surface area contributed by atoms with Crippen molar-refractivity contribution in [2.24, 2.45) is 5.73 Å². The number of benzene rings is 1. The van der Waals surface area contributed by atoms with E-state index in [9.17, 15) is 19.1 Å². The Hall–Kier alpha value is -3.36. The maximum absolute atomic E-state index is 14.8. The van der Waals surface area contributed by atoms with Gasteiger partial charge in [-0.25, -0.2) is 14.2 Å². The van der Waals surface area contributed by atoms with Crippen molar-refractivity contribution in [3.8, 4) is 11.4 Å². The summed E-state index contributed by atoms with van der Waals surface area (Å²) < 4.78 is 21.4. The Morgan fingerprint density at radius 1 is 1.33 bits per heavy atom. The van der Waals surface area contributed by atoms with Gasteiger partial charge in [0.1, 0.15) is 12.4 Å². The summed E-state index contributed by atoms with van der Waals surface area (Å²) in [5.41, 5.74) is 8.65. The van der Waals surface area contributed by atoms with Crippen LogP contribution < -0.4 is 11.3 Å². The van der Waals surface area contributed by atoms with Crippen LogP contribution in [0.5, 0.6) is 0 Å². The minimum Gasteiger partial charge on any atom is -0.458 e. The lowest BCUT2D eigenvalue weighted by molar-refractivity contribution is -0.172. The van der Waals surface area contributed by atoms with E-state index in [1.807, 2.05) is 19.1 Å². The largest absolute Gasteiger partial charge is 0.458 e. The van der Waals surface area contributed by atoms with Crippen LogP contribution in [0.3, 0.4) is 0 Å². The van der Waals surface area contributed by atoms with Crippen molar-refractivity contribution in [2.75, 3.05) is 0 Å². The number of carbonyl (C=O) groups is 1. The summed E-state index contributed by atoms with van der Waals surface area (Å²) in [6.45, 7) is 5.46. The lowest BCUT2D eigenvalue weighted by atomic mass is 9.86. The van der Waals surface area contributed by atoms with Crippen molar-refractivity contribution in [1.29, 1.82) is 0 Å². The summed E-state index contributed by atoms with van der Waals surface area (Å²) in [4.78, 5) is 30.5. The van der Waals surface area contributed by atoms with Crippen LogP contribution in [0.15, 0.2) is 23.0 Å². The molecule has 0 spiro atoms. The van der Waals surface area contributed by atoms with E-state index in [2.05, 4.69) is 0 Å². The van der Waals surface area contributed by atoms with E-state index in [1.54, 1.807) is 24.5 Å². The molecule has 4 heterocycles. The molecule has 0 amide bonds. The Labute approximate surface area is 189 Å². The topological polar surface area (TPSA) is 107 Å². The van der Waals surface area contributed by atoms with Gasteiger partial charge in [0.15, 0.2) is 5.60 Å². The van der Waals surface area contributed by atoms with Gasteiger partial charge in [0.05, 0.1) is 29.0 Å². The van der Waals surface area contributed by atoms with Gasteiger partial charge in [0.25, 0.3) is 5.56 Å². The Morgan fingerprint density at radius 2 is 2.09 bits per heavy atom. The van der Waals surface area contributed by atoms with Crippen molar-refractivity contribution in [2.45, 2.75) is 52.5 Å². The standard InChI is InChI=1S/C25H24FN3O4/c1-4-6-13-12(3)18(26)8-19-21(13)14(9-27)15-10-29-20(22(15)28-19)7-17-16(23(29)30)11-33-24(31)25(17,32)5-2/h4,6-8,32H,5,9-11,27H2,1-3H3/b6-4+/t25-/m0/s1. The molecule has 0 radical (unpaired) electrons. The number of allylic oxidation sites excluding steroid dienone is 1. The number of esters is 1. The number of aromatic nitrogens is 2. The zero-order valence-corrected chi connectivity index (χ0v) is 18.7. The third-order valence-electron chi connectivity index (χ3n) is 6.87. The number of fused-ring (bicyclic) bond motifs is 5. The fraction of sp³-hybridized carbons (Fsp3) is 0.320. The number of ether oxygens (including phenoxy) is 1. The van der Waals surface area contributed by atoms with E-state index in [4.69, 9.17) is 15.5 Å².